The first-order valence-electron chi connectivity index (χ1n) is 12.1. The highest BCUT2D eigenvalue weighted by atomic mass is 16.7. The third-order valence-electron chi connectivity index (χ3n) is 5.90. The molecule has 37 heavy (non-hydrogen) atoms. The Hall–Kier alpha value is -4.52. The van der Waals surface area contributed by atoms with Crippen LogP contribution in [-0.2, 0) is 22.6 Å². The monoisotopic (exact) mass is 497 g/mol. The number of carbonyl (C=O) groups excluding carboxylic acids is 2. The van der Waals surface area contributed by atoms with Gasteiger partial charge < -0.3 is 24.3 Å². The molecule has 0 radical (unpaired) electrons. The van der Waals surface area contributed by atoms with E-state index in [1.807, 2.05) is 71.6 Å². The number of benzene rings is 3. The van der Waals surface area contributed by atoms with Gasteiger partial charge in [-0.05, 0) is 41.8 Å². The predicted molar refractivity (Wildman–Crippen MR) is 145 cm³/mol. The summed E-state index contributed by atoms with van der Waals surface area (Å²) in [5.41, 5.74) is 4.73. The summed E-state index contributed by atoms with van der Waals surface area (Å²) in [6.07, 6.45) is 5.20. The smallest absolute Gasteiger partial charge is 0.246 e. The number of nitrogens with zero attached hydrogens (tertiary/aromatic N) is 2. The zero-order valence-electron chi connectivity index (χ0n) is 21.1. The molecule has 2 aliphatic heterocycles. The molecular formula is C30H31N3O4. The summed E-state index contributed by atoms with van der Waals surface area (Å²) in [6, 6.07) is 25.9. The van der Waals surface area contributed by atoms with E-state index in [0.29, 0.717) is 13.3 Å². The van der Waals surface area contributed by atoms with Crippen molar-refractivity contribution in [2.75, 3.05) is 27.4 Å². The van der Waals surface area contributed by atoms with E-state index in [1.165, 1.54) is 21.5 Å². The van der Waals surface area contributed by atoms with Crippen molar-refractivity contribution in [2.45, 2.75) is 13.0 Å². The molecule has 190 valence electrons. The number of nitrogens with one attached hydrogen (secondary N) is 1. The average Bonchev–Trinajstić information content (AvgIpc) is 3.57. The number of H-pyrrole nitrogens is 1. The minimum absolute atomic E-state index is 0.0677. The molecule has 2 amide bonds. The second-order valence-electron chi connectivity index (χ2n) is 8.80. The van der Waals surface area contributed by atoms with Crippen LogP contribution in [-0.4, -0.2) is 54.5 Å². The molecule has 3 aromatic carbocycles. The van der Waals surface area contributed by atoms with E-state index in [0.717, 1.165) is 42.0 Å². The molecule has 4 aromatic rings. The number of aromatic amines is 1. The van der Waals surface area contributed by atoms with E-state index in [2.05, 4.69) is 23.2 Å². The molecule has 1 N–H and O–H groups in total. The van der Waals surface area contributed by atoms with Crippen molar-refractivity contribution < 1.29 is 19.1 Å². The quantitative estimate of drug-likeness (QED) is 0.323. The van der Waals surface area contributed by atoms with Crippen molar-refractivity contribution in [2.24, 2.45) is 0 Å². The van der Waals surface area contributed by atoms with E-state index < -0.39 is 0 Å². The van der Waals surface area contributed by atoms with Gasteiger partial charge >= 0.3 is 0 Å². The number of aromatic nitrogens is 1. The van der Waals surface area contributed by atoms with Crippen LogP contribution in [0.3, 0.4) is 0 Å². The third kappa shape index (κ3) is 6.79. The largest absolute Gasteiger partial charge is 0.454 e. The molecule has 0 saturated heterocycles. The highest BCUT2D eigenvalue weighted by Crippen LogP contribution is 2.30. The second-order valence-corrected chi connectivity index (χ2v) is 8.80. The first kappa shape index (κ1) is 25.6. The van der Waals surface area contributed by atoms with E-state index in [-0.39, 0.29) is 5.91 Å². The Morgan fingerprint density at radius 2 is 1.54 bits per heavy atom. The van der Waals surface area contributed by atoms with Gasteiger partial charge in [-0.3, -0.25) is 9.59 Å². The van der Waals surface area contributed by atoms with Crippen LogP contribution < -0.4 is 9.47 Å². The highest BCUT2D eigenvalue weighted by molar-refractivity contribution is 5.92. The molecule has 0 unspecified atom stereocenters. The van der Waals surface area contributed by atoms with E-state index >= 15 is 0 Å². The fourth-order valence-corrected chi connectivity index (χ4v) is 4.06. The molecule has 7 heteroatoms. The Kier molecular flexibility index (Phi) is 8.60. The molecule has 0 bridgehead atoms. The average molecular weight is 498 g/mol. The first-order chi connectivity index (χ1) is 18.0. The lowest BCUT2D eigenvalue weighted by atomic mass is 10.0. The summed E-state index contributed by atoms with van der Waals surface area (Å²) in [6.45, 7) is 1.79. The standard InChI is InChI=1S/C20H18N2O.C7H6O2.C3H7NO/c23-20(11-10-15-6-2-1-3-7-15)22-13-12-17-16-8-4-5-9-18(16)21-19(17)14-22;1-2-4-7-6(3-1)8-5-9-7;1-4(2)3-5/h1-11,21H,12-14H2;1-4H,5H2;3H,1-2H3/b11-10+;;. The minimum atomic E-state index is 0.0677. The molecule has 0 saturated carbocycles. The van der Waals surface area contributed by atoms with Crippen molar-refractivity contribution in [1.82, 2.24) is 14.8 Å². The fraction of sp³-hybridized carbons (Fsp3) is 0.200. The van der Waals surface area contributed by atoms with Crippen LogP contribution in [0.2, 0.25) is 0 Å². The SMILES string of the molecule is CN(C)C=O.O=C(/C=C/c1ccccc1)N1CCc2c([nH]c3ccccc23)C1.c1ccc2c(c1)OCO2. The summed E-state index contributed by atoms with van der Waals surface area (Å²) >= 11 is 0. The van der Waals surface area contributed by atoms with Crippen molar-refractivity contribution >= 4 is 29.3 Å². The minimum Gasteiger partial charge on any atom is -0.454 e. The first-order valence-corrected chi connectivity index (χ1v) is 12.1. The molecule has 1 aromatic heterocycles. The Bertz CT molecular complexity index is 1340. The summed E-state index contributed by atoms with van der Waals surface area (Å²) in [4.78, 5) is 28.7. The lowest BCUT2D eigenvalue weighted by Crippen LogP contribution is -2.34. The van der Waals surface area contributed by atoms with Gasteiger partial charge in [-0.25, -0.2) is 0 Å². The maximum Gasteiger partial charge on any atom is 0.246 e. The fourth-order valence-electron chi connectivity index (χ4n) is 4.06. The molecule has 3 heterocycles. The van der Waals surface area contributed by atoms with Gasteiger partial charge in [-0.15, -0.1) is 0 Å². The summed E-state index contributed by atoms with van der Waals surface area (Å²) in [5.74, 6) is 1.76. The van der Waals surface area contributed by atoms with Gasteiger partial charge in [0.15, 0.2) is 11.5 Å². The lowest BCUT2D eigenvalue weighted by molar-refractivity contribution is -0.126. The molecular weight excluding hydrogens is 466 g/mol. The van der Waals surface area contributed by atoms with Gasteiger partial charge in [0.2, 0.25) is 19.1 Å². The van der Waals surface area contributed by atoms with Crippen molar-refractivity contribution in [3.63, 3.8) is 0 Å². The van der Waals surface area contributed by atoms with Gasteiger partial charge in [-0.1, -0.05) is 60.7 Å². The van der Waals surface area contributed by atoms with Crippen LogP contribution in [0, 0.1) is 0 Å². The number of hydrogen-bond donors (Lipinski definition) is 1. The van der Waals surface area contributed by atoms with Crippen LogP contribution in [0.25, 0.3) is 17.0 Å². The summed E-state index contributed by atoms with van der Waals surface area (Å²) in [7, 11) is 3.38. The maximum absolute atomic E-state index is 12.4. The Morgan fingerprint density at radius 3 is 2.22 bits per heavy atom. The summed E-state index contributed by atoms with van der Waals surface area (Å²) in [5, 5.41) is 1.29. The molecule has 6 rings (SSSR count). The van der Waals surface area contributed by atoms with Crippen molar-refractivity contribution in [3.05, 3.63) is 102 Å². The molecule has 0 atom stereocenters. The highest BCUT2D eigenvalue weighted by Gasteiger charge is 2.22. The third-order valence-corrected chi connectivity index (χ3v) is 5.90. The van der Waals surface area contributed by atoms with Crippen molar-refractivity contribution in [1.29, 1.82) is 0 Å². The predicted octanol–water partition coefficient (Wildman–Crippen LogP) is 4.89. The van der Waals surface area contributed by atoms with Crippen LogP contribution >= 0.6 is 0 Å². The number of fused-ring (bicyclic) bond motifs is 4. The van der Waals surface area contributed by atoms with Crippen LogP contribution in [0.15, 0.2) is 84.9 Å². The van der Waals surface area contributed by atoms with Crippen LogP contribution in [0.4, 0.5) is 0 Å². The Balaban J connectivity index is 0.000000187. The van der Waals surface area contributed by atoms with E-state index in [1.54, 1.807) is 20.2 Å². The topological polar surface area (TPSA) is 74.9 Å². The summed E-state index contributed by atoms with van der Waals surface area (Å²) < 4.78 is 10.2. The maximum atomic E-state index is 12.4. The molecule has 7 nitrogen and oxygen atoms in total. The van der Waals surface area contributed by atoms with E-state index in [4.69, 9.17) is 9.47 Å². The van der Waals surface area contributed by atoms with Crippen molar-refractivity contribution in [3.8, 4) is 11.5 Å². The number of carbonyl (C=O) groups is 2. The zero-order chi connectivity index (χ0) is 26.0. The number of hydrogen-bond acceptors (Lipinski definition) is 4. The second kappa shape index (κ2) is 12.4. The number of para-hydroxylation sites is 3. The molecule has 0 fully saturated rings. The van der Waals surface area contributed by atoms with Crippen LogP contribution in [0.5, 0.6) is 11.5 Å². The number of ether oxygens (including phenoxy) is 2. The van der Waals surface area contributed by atoms with Gasteiger partial charge in [0.25, 0.3) is 0 Å². The Labute approximate surface area is 216 Å². The van der Waals surface area contributed by atoms with Gasteiger partial charge in [0.05, 0.1) is 6.54 Å². The number of rotatable bonds is 3. The number of amides is 2. The van der Waals surface area contributed by atoms with Gasteiger partial charge in [-0.2, -0.15) is 0 Å². The Morgan fingerprint density at radius 1 is 0.919 bits per heavy atom. The van der Waals surface area contributed by atoms with Gasteiger partial charge in [0, 0.05) is 43.3 Å². The lowest BCUT2D eigenvalue weighted by Gasteiger charge is -2.26. The molecule has 0 aliphatic carbocycles. The molecule has 0 spiro atoms. The van der Waals surface area contributed by atoms with Gasteiger partial charge in [0.1, 0.15) is 0 Å². The zero-order valence-corrected chi connectivity index (χ0v) is 21.1. The normalized spacial score (nSPS) is 13.2. The van der Waals surface area contributed by atoms with Crippen LogP contribution in [0.1, 0.15) is 16.8 Å². The molecule has 2 aliphatic rings. The van der Waals surface area contributed by atoms with E-state index in [9.17, 15) is 9.59 Å².